The van der Waals surface area contributed by atoms with Crippen molar-refractivity contribution in [2.45, 2.75) is 72.6 Å². The van der Waals surface area contributed by atoms with Crippen LogP contribution in [0.3, 0.4) is 0 Å². The van der Waals surface area contributed by atoms with Gasteiger partial charge in [0.15, 0.2) is 5.78 Å². The Balaban J connectivity index is 4.74. The standard InChI is InChI=1S/C16H30N2O5/c1-10(2)12(19)11(18-14(21)23-16(6,7)8)9-17-13(20)22-15(3,4)5/h10-11H,9H2,1-8H3,(H,17,20)(H,18,21). The minimum absolute atomic E-state index is 0.0643. The second kappa shape index (κ2) is 8.17. The molecular weight excluding hydrogens is 300 g/mol. The van der Waals surface area contributed by atoms with Crippen LogP contribution < -0.4 is 10.6 Å². The molecule has 0 aliphatic rings. The molecular formula is C16H30N2O5. The van der Waals surface area contributed by atoms with E-state index in [2.05, 4.69) is 10.6 Å². The van der Waals surface area contributed by atoms with Gasteiger partial charge < -0.3 is 20.1 Å². The molecule has 0 heterocycles. The number of hydrogen-bond acceptors (Lipinski definition) is 5. The largest absolute Gasteiger partial charge is 0.444 e. The molecule has 0 aromatic heterocycles. The second-order valence-electron chi connectivity index (χ2n) is 7.64. The molecule has 7 nitrogen and oxygen atoms in total. The van der Waals surface area contributed by atoms with Gasteiger partial charge in [-0.3, -0.25) is 4.79 Å². The normalized spacial score (nSPS) is 13.3. The minimum atomic E-state index is -0.877. The van der Waals surface area contributed by atoms with E-state index in [-0.39, 0.29) is 18.2 Å². The fourth-order valence-electron chi connectivity index (χ4n) is 1.57. The second-order valence-corrected chi connectivity index (χ2v) is 7.64. The van der Waals surface area contributed by atoms with Crippen molar-refractivity contribution < 1.29 is 23.9 Å². The summed E-state index contributed by atoms with van der Waals surface area (Å²) in [5.74, 6) is -0.498. The first-order chi connectivity index (χ1) is 10.2. The van der Waals surface area contributed by atoms with Crippen LogP contribution >= 0.6 is 0 Å². The first-order valence-electron chi connectivity index (χ1n) is 7.71. The van der Waals surface area contributed by atoms with E-state index in [0.717, 1.165) is 0 Å². The fourth-order valence-corrected chi connectivity index (χ4v) is 1.57. The van der Waals surface area contributed by atoms with Crippen LogP contribution in [-0.4, -0.2) is 41.8 Å². The molecule has 0 aromatic carbocycles. The molecule has 0 rings (SSSR count). The van der Waals surface area contributed by atoms with Gasteiger partial charge in [-0.15, -0.1) is 0 Å². The van der Waals surface area contributed by atoms with E-state index in [1.54, 1.807) is 55.4 Å². The third-order valence-corrected chi connectivity index (χ3v) is 2.45. The highest BCUT2D eigenvalue weighted by atomic mass is 16.6. The van der Waals surface area contributed by atoms with Crippen LogP contribution in [0, 0.1) is 5.92 Å². The Kier molecular flexibility index (Phi) is 7.54. The Labute approximate surface area is 138 Å². The van der Waals surface area contributed by atoms with Crippen molar-refractivity contribution in [2.75, 3.05) is 6.54 Å². The first-order valence-corrected chi connectivity index (χ1v) is 7.71. The molecule has 23 heavy (non-hydrogen) atoms. The van der Waals surface area contributed by atoms with Gasteiger partial charge in [-0.05, 0) is 41.5 Å². The number of ether oxygens (including phenoxy) is 2. The SMILES string of the molecule is CC(C)C(=O)C(CNC(=O)OC(C)(C)C)NC(=O)OC(C)(C)C. The number of carbonyl (C=O) groups is 3. The molecule has 2 N–H and O–H groups in total. The molecule has 1 unspecified atom stereocenters. The van der Waals surface area contributed by atoms with Gasteiger partial charge in [0.05, 0.1) is 0 Å². The lowest BCUT2D eigenvalue weighted by Crippen LogP contribution is -2.51. The highest BCUT2D eigenvalue weighted by molar-refractivity contribution is 5.89. The summed E-state index contributed by atoms with van der Waals surface area (Å²) in [6, 6.07) is -0.877. The fraction of sp³-hybridized carbons (Fsp3) is 0.812. The topological polar surface area (TPSA) is 93.7 Å². The molecule has 0 fully saturated rings. The molecule has 0 saturated carbocycles. The van der Waals surface area contributed by atoms with Crippen molar-refractivity contribution in [3.8, 4) is 0 Å². The van der Waals surface area contributed by atoms with Gasteiger partial charge in [-0.2, -0.15) is 0 Å². The van der Waals surface area contributed by atoms with Crippen molar-refractivity contribution in [3.05, 3.63) is 0 Å². The molecule has 2 amide bonds. The smallest absolute Gasteiger partial charge is 0.408 e. The van der Waals surface area contributed by atoms with E-state index < -0.39 is 29.4 Å². The average molecular weight is 330 g/mol. The van der Waals surface area contributed by atoms with Gasteiger partial charge in [0.2, 0.25) is 0 Å². The summed E-state index contributed by atoms with van der Waals surface area (Å²) in [5, 5.41) is 4.98. The molecule has 0 aromatic rings. The number of carbonyl (C=O) groups excluding carboxylic acids is 3. The number of hydrogen-bond donors (Lipinski definition) is 2. The number of rotatable bonds is 5. The number of ketones is 1. The van der Waals surface area contributed by atoms with Crippen LogP contribution in [-0.2, 0) is 14.3 Å². The highest BCUT2D eigenvalue weighted by Crippen LogP contribution is 2.09. The third-order valence-electron chi connectivity index (χ3n) is 2.45. The van der Waals surface area contributed by atoms with Crippen LogP contribution in [0.5, 0.6) is 0 Å². The summed E-state index contributed by atoms with van der Waals surface area (Å²) in [5.41, 5.74) is -1.31. The Morgan fingerprint density at radius 2 is 1.30 bits per heavy atom. The maximum absolute atomic E-state index is 12.2. The molecule has 134 valence electrons. The van der Waals surface area contributed by atoms with Gasteiger partial charge in [0.1, 0.15) is 17.2 Å². The molecule has 7 heteroatoms. The summed E-state index contributed by atoms with van der Waals surface area (Å²) in [6.07, 6.45) is -1.35. The van der Waals surface area contributed by atoms with Crippen molar-refractivity contribution in [3.63, 3.8) is 0 Å². The van der Waals surface area contributed by atoms with Gasteiger partial charge in [0, 0.05) is 12.5 Å². The predicted molar refractivity (Wildman–Crippen MR) is 87.2 cm³/mol. The molecule has 0 bridgehead atoms. The summed E-state index contributed by atoms with van der Waals surface area (Å²) >= 11 is 0. The molecule has 0 radical (unpaired) electrons. The van der Waals surface area contributed by atoms with Crippen molar-refractivity contribution in [1.82, 2.24) is 10.6 Å². The Morgan fingerprint density at radius 1 is 0.870 bits per heavy atom. The highest BCUT2D eigenvalue weighted by Gasteiger charge is 2.27. The van der Waals surface area contributed by atoms with E-state index in [1.807, 2.05) is 0 Å². The van der Waals surface area contributed by atoms with E-state index in [4.69, 9.17) is 9.47 Å². The summed E-state index contributed by atoms with van der Waals surface area (Å²) in [6.45, 7) is 13.8. The quantitative estimate of drug-likeness (QED) is 0.808. The third kappa shape index (κ3) is 10.5. The zero-order chi connectivity index (χ0) is 18.4. The molecule has 1 atom stereocenters. The summed E-state index contributed by atoms with van der Waals surface area (Å²) in [4.78, 5) is 35.7. The molecule has 0 aliphatic carbocycles. The van der Waals surface area contributed by atoms with E-state index in [1.165, 1.54) is 0 Å². The number of alkyl carbamates (subject to hydrolysis) is 2. The molecule has 0 saturated heterocycles. The van der Waals surface area contributed by atoms with Crippen molar-refractivity contribution >= 4 is 18.0 Å². The summed E-state index contributed by atoms with van der Waals surface area (Å²) in [7, 11) is 0. The van der Waals surface area contributed by atoms with E-state index in [9.17, 15) is 14.4 Å². The zero-order valence-electron chi connectivity index (χ0n) is 15.4. The lowest BCUT2D eigenvalue weighted by atomic mass is 10.0. The lowest BCUT2D eigenvalue weighted by molar-refractivity contribution is -0.123. The number of Topliss-reactive ketones (excluding diaryl/α,β-unsaturated/α-hetero) is 1. The average Bonchev–Trinajstić information content (AvgIpc) is 2.28. The van der Waals surface area contributed by atoms with Crippen LogP contribution in [0.1, 0.15) is 55.4 Å². The maximum Gasteiger partial charge on any atom is 0.408 e. The van der Waals surface area contributed by atoms with E-state index >= 15 is 0 Å². The van der Waals surface area contributed by atoms with Crippen LogP contribution in [0.25, 0.3) is 0 Å². The zero-order valence-corrected chi connectivity index (χ0v) is 15.4. The van der Waals surface area contributed by atoms with Gasteiger partial charge >= 0.3 is 12.2 Å². The first kappa shape index (κ1) is 21.2. The summed E-state index contributed by atoms with van der Waals surface area (Å²) < 4.78 is 10.2. The predicted octanol–water partition coefficient (Wildman–Crippen LogP) is 2.63. The lowest BCUT2D eigenvalue weighted by Gasteiger charge is -2.25. The molecule has 0 aliphatic heterocycles. The van der Waals surface area contributed by atoms with Crippen molar-refractivity contribution in [1.29, 1.82) is 0 Å². The number of nitrogens with one attached hydrogen (secondary N) is 2. The van der Waals surface area contributed by atoms with E-state index in [0.29, 0.717) is 0 Å². The van der Waals surface area contributed by atoms with Gasteiger partial charge in [-0.1, -0.05) is 13.8 Å². The van der Waals surface area contributed by atoms with Crippen LogP contribution in [0.2, 0.25) is 0 Å². The monoisotopic (exact) mass is 330 g/mol. The van der Waals surface area contributed by atoms with Gasteiger partial charge in [-0.25, -0.2) is 9.59 Å². The van der Waals surface area contributed by atoms with Crippen LogP contribution in [0.4, 0.5) is 9.59 Å². The Bertz CT molecular complexity index is 433. The van der Waals surface area contributed by atoms with Gasteiger partial charge in [0.25, 0.3) is 0 Å². The van der Waals surface area contributed by atoms with Crippen molar-refractivity contribution in [2.24, 2.45) is 5.92 Å². The van der Waals surface area contributed by atoms with Crippen LogP contribution in [0.15, 0.2) is 0 Å². The minimum Gasteiger partial charge on any atom is -0.444 e. The molecule has 0 spiro atoms. The maximum atomic E-state index is 12.2. The Hall–Kier alpha value is -1.79. The Morgan fingerprint density at radius 3 is 1.70 bits per heavy atom. The number of amides is 2.